The summed E-state index contributed by atoms with van der Waals surface area (Å²) in [5, 5.41) is 14.8. The minimum Gasteiger partial charge on any atom is -0.448 e. The maximum atomic E-state index is 13.7. The fourth-order valence-electron chi connectivity index (χ4n) is 5.63. The summed E-state index contributed by atoms with van der Waals surface area (Å²) in [6.07, 6.45) is 1.46. The Bertz CT molecular complexity index is 1810. The lowest BCUT2D eigenvalue weighted by Gasteiger charge is -2.33. The number of fused-ring (bicyclic) bond motifs is 2. The molecule has 9 heteroatoms. The highest BCUT2D eigenvalue weighted by molar-refractivity contribution is 7.16. The van der Waals surface area contributed by atoms with E-state index in [2.05, 4.69) is 32.2 Å². The van der Waals surface area contributed by atoms with E-state index < -0.39 is 18.0 Å². The second kappa shape index (κ2) is 11.4. The molecule has 216 valence electrons. The van der Waals surface area contributed by atoms with E-state index in [1.807, 2.05) is 0 Å². The molecular weight excluding hydrogens is 570 g/mol. The first-order chi connectivity index (χ1) is 19.9. The van der Waals surface area contributed by atoms with Crippen molar-refractivity contribution in [3.63, 3.8) is 0 Å². The fourth-order valence-corrected chi connectivity index (χ4v) is 7.03. The molecule has 1 N–H and O–H groups in total. The predicted molar refractivity (Wildman–Crippen MR) is 167 cm³/mol. The maximum Gasteiger partial charge on any atom is 0.356 e. The number of thiophene rings is 1. The standard InChI is InChI=1S/C33H32ClN3O4S/c1-18(29(38)36-30-25(17-35)22-15-12-20(33(2,3)4)16-26(22)42-30)41-32(40)28-27(19-10-13-21(34)14-11-19)23-8-6-7-9-24(23)31(39)37(28)5/h6-11,13-14,18,20H,12,15-16H2,1-5H3,(H,36,38). The van der Waals surface area contributed by atoms with Crippen LogP contribution < -0.4 is 10.9 Å². The second-order valence-corrected chi connectivity index (χ2v) is 13.3. The third kappa shape index (κ3) is 5.47. The monoisotopic (exact) mass is 601 g/mol. The third-order valence-electron chi connectivity index (χ3n) is 8.12. The van der Waals surface area contributed by atoms with Gasteiger partial charge < -0.3 is 14.6 Å². The van der Waals surface area contributed by atoms with Gasteiger partial charge in [-0.25, -0.2) is 4.79 Å². The number of rotatable bonds is 5. The van der Waals surface area contributed by atoms with Gasteiger partial charge in [-0.05, 0) is 72.2 Å². The summed E-state index contributed by atoms with van der Waals surface area (Å²) in [4.78, 5) is 41.3. The smallest absolute Gasteiger partial charge is 0.356 e. The van der Waals surface area contributed by atoms with Crippen molar-refractivity contribution in [3.05, 3.63) is 85.6 Å². The molecule has 1 amide bonds. The molecular formula is C33H32ClN3O4S. The van der Waals surface area contributed by atoms with Gasteiger partial charge in [0, 0.05) is 27.9 Å². The predicted octanol–water partition coefficient (Wildman–Crippen LogP) is 7.13. The van der Waals surface area contributed by atoms with Crippen LogP contribution in [0.25, 0.3) is 21.9 Å². The lowest BCUT2D eigenvalue weighted by molar-refractivity contribution is -0.123. The lowest BCUT2D eigenvalue weighted by atomic mass is 9.72. The molecule has 0 saturated carbocycles. The molecule has 0 aliphatic heterocycles. The number of nitrogens with zero attached hydrogens (tertiary/aromatic N) is 2. The van der Waals surface area contributed by atoms with Crippen LogP contribution in [0.2, 0.25) is 5.02 Å². The van der Waals surface area contributed by atoms with Gasteiger partial charge >= 0.3 is 5.97 Å². The molecule has 0 radical (unpaired) electrons. The van der Waals surface area contributed by atoms with Crippen molar-refractivity contribution in [2.75, 3.05) is 5.32 Å². The Kier molecular flexibility index (Phi) is 8.02. The highest BCUT2D eigenvalue weighted by Gasteiger charge is 2.33. The van der Waals surface area contributed by atoms with Crippen molar-refractivity contribution in [2.45, 2.75) is 53.1 Å². The van der Waals surface area contributed by atoms with E-state index in [0.29, 0.717) is 43.4 Å². The Labute approximate surface area is 253 Å². The molecule has 1 aliphatic carbocycles. The van der Waals surface area contributed by atoms with Gasteiger partial charge in [-0.3, -0.25) is 9.59 Å². The van der Waals surface area contributed by atoms with E-state index in [1.165, 1.54) is 29.9 Å². The first-order valence-electron chi connectivity index (χ1n) is 13.8. The zero-order valence-corrected chi connectivity index (χ0v) is 25.8. The number of pyridine rings is 1. The number of anilines is 1. The van der Waals surface area contributed by atoms with E-state index in [4.69, 9.17) is 16.3 Å². The zero-order chi connectivity index (χ0) is 30.3. The van der Waals surface area contributed by atoms with E-state index in [-0.39, 0.29) is 16.7 Å². The first-order valence-corrected chi connectivity index (χ1v) is 15.0. The fraction of sp³-hybridized carbons (Fsp3) is 0.333. The van der Waals surface area contributed by atoms with Gasteiger partial charge in [0.25, 0.3) is 11.5 Å². The van der Waals surface area contributed by atoms with Crippen molar-refractivity contribution >= 4 is 50.6 Å². The normalized spacial score (nSPS) is 15.5. The Morgan fingerprint density at radius 3 is 2.45 bits per heavy atom. The summed E-state index contributed by atoms with van der Waals surface area (Å²) in [5.74, 6) is -0.876. The van der Waals surface area contributed by atoms with Crippen LogP contribution in [-0.2, 0) is 29.4 Å². The Balaban J connectivity index is 1.44. The Hall–Kier alpha value is -3.93. The number of benzene rings is 2. The SMILES string of the molecule is CC(OC(=O)c1c(-c2ccc(Cl)cc2)c2ccccc2c(=O)n1C)C(=O)Nc1sc2c(c1C#N)CCC(C(C)(C)C)C2. The molecule has 2 atom stereocenters. The summed E-state index contributed by atoms with van der Waals surface area (Å²) in [5.41, 5.74) is 2.48. The summed E-state index contributed by atoms with van der Waals surface area (Å²) in [6, 6.07) is 16.3. The summed E-state index contributed by atoms with van der Waals surface area (Å²) >= 11 is 7.54. The topological polar surface area (TPSA) is 101 Å². The number of nitriles is 1. The number of ether oxygens (including phenoxy) is 1. The highest BCUT2D eigenvalue weighted by atomic mass is 35.5. The van der Waals surface area contributed by atoms with Crippen molar-refractivity contribution in [2.24, 2.45) is 18.4 Å². The highest BCUT2D eigenvalue weighted by Crippen LogP contribution is 2.44. The molecule has 7 nitrogen and oxygen atoms in total. The number of carbonyl (C=O) groups is 2. The Morgan fingerprint density at radius 2 is 1.81 bits per heavy atom. The van der Waals surface area contributed by atoms with Crippen LogP contribution >= 0.6 is 22.9 Å². The molecule has 2 unspecified atom stereocenters. The van der Waals surface area contributed by atoms with Crippen LogP contribution in [0.4, 0.5) is 5.00 Å². The average molecular weight is 602 g/mol. The molecule has 0 fully saturated rings. The van der Waals surface area contributed by atoms with E-state index >= 15 is 0 Å². The Morgan fingerprint density at radius 1 is 1.14 bits per heavy atom. The number of halogens is 1. The van der Waals surface area contributed by atoms with Gasteiger partial charge in [0.2, 0.25) is 0 Å². The number of esters is 1. The largest absolute Gasteiger partial charge is 0.448 e. The molecule has 5 rings (SSSR count). The molecule has 0 bridgehead atoms. The molecule has 42 heavy (non-hydrogen) atoms. The molecule has 1 aliphatic rings. The van der Waals surface area contributed by atoms with Crippen LogP contribution in [0.15, 0.2) is 53.3 Å². The molecule has 0 saturated heterocycles. The third-order valence-corrected chi connectivity index (χ3v) is 9.54. The number of amides is 1. The second-order valence-electron chi connectivity index (χ2n) is 11.8. The van der Waals surface area contributed by atoms with Gasteiger partial charge in [0.15, 0.2) is 6.10 Å². The quantitative estimate of drug-likeness (QED) is 0.245. The molecule has 2 aromatic heterocycles. The van der Waals surface area contributed by atoms with Crippen LogP contribution in [0.5, 0.6) is 0 Å². The van der Waals surface area contributed by atoms with Crippen LogP contribution in [0, 0.1) is 22.7 Å². The minimum absolute atomic E-state index is 0.0261. The van der Waals surface area contributed by atoms with Crippen molar-refractivity contribution < 1.29 is 14.3 Å². The van der Waals surface area contributed by atoms with Crippen molar-refractivity contribution in [1.82, 2.24) is 4.57 Å². The van der Waals surface area contributed by atoms with Crippen molar-refractivity contribution in [3.8, 4) is 17.2 Å². The van der Waals surface area contributed by atoms with Crippen LogP contribution in [0.3, 0.4) is 0 Å². The van der Waals surface area contributed by atoms with E-state index in [0.717, 1.165) is 29.7 Å². The first kappa shape index (κ1) is 29.6. The lowest BCUT2D eigenvalue weighted by Crippen LogP contribution is -2.32. The van der Waals surface area contributed by atoms with Gasteiger partial charge in [0.05, 0.1) is 5.56 Å². The number of carbonyl (C=O) groups excluding carboxylic acids is 2. The zero-order valence-electron chi connectivity index (χ0n) is 24.2. The van der Waals surface area contributed by atoms with Gasteiger partial charge in [-0.15, -0.1) is 11.3 Å². The van der Waals surface area contributed by atoms with E-state index in [9.17, 15) is 19.6 Å². The van der Waals surface area contributed by atoms with Gasteiger partial charge in [0.1, 0.15) is 16.8 Å². The molecule has 2 heterocycles. The maximum absolute atomic E-state index is 13.7. The molecule has 2 aromatic carbocycles. The number of hydrogen-bond acceptors (Lipinski definition) is 6. The number of hydrogen-bond donors (Lipinski definition) is 1. The number of nitrogens with one attached hydrogen (secondary N) is 1. The van der Waals surface area contributed by atoms with Crippen molar-refractivity contribution in [1.29, 1.82) is 5.26 Å². The summed E-state index contributed by atoms with van der Waals surface area (Å²) in [6.45, 7) is 8.15. The van der Waals surface area contributed by atoms with Crippen LogP contribution in [-0.4, -0.2) is 22.5 Å². The van der Waals surface area contributed by atoms with Gasteiger partial charge in [-0.1, -0.05) is 62.7 Å². The average Bonchev–Trinajstić information content (AvgIpc) is 3.30. The van der Waals surface area contributed by atoms with Crippen LogP contribution in [0.1, 0.15) is 60.6 Å². The summed E-state index contributed by atoms with van der Waals surface area (Å²) in [7, 11) is 1.51. The van der Waals surface area contributed by atoms with E-state index in [1.54, 1.807) is 48.5 Å². The number of aromatic nitrogens is 1. The minimum atomic E-state index is -1.19. The molecule has 4 aromatic rings. The molecule has 0 spiro atoms. The summed E-state index contributed by atoms with van der Waals surface area (Å²) < 4.78 is 6.92. The van der Waals surface area contributed by atoms with Gasteiger partial charge in [-0.2, -0.15) is 5.26 Å².